The molecule has 0 aliphatic carbocycles. The van der Waals surface area contributed by atoms with E-state index < -0.39 is 0 Å². The van der Waals surface area contributed by atoms with Gasteiger partial charge in [-0.05, 0) is 61.0 Å². The first-order chi connectivity index (χ1) is 14.8. The normalized spacial score (nSPS) is 15.1. The first kappa shape index (κ1) is 24.0. The lowest BCUT2D eigenvalue weighted by Gasteiger charge is -2.15. The zero-order valence-electron chi connectivity index (χ0n) is 16.9. The molecular formula is C22H20BrCl2NO4S. The molecule has 0 N–H and O–H groups in total. The van der Waals surface area contributed by atoms with Gasteiger partial charge >= 0.3 is 0 Å². The van der Waals surface area contributed by atoms with Gasteiger partial charge in [0, 0.05) is 26.6 Å². The molecule has 9 heteroatoms. The monoisotopic (exact) mass is 543 g/mol. The Bertz CT molecular complexity index is 1040. The predicted molar refractivity (Wildman–Crippen MR) is 129 cm³/mol. The van der Waals surface area contributed by atoms with E-state index in [2.05, 4.69) is 15.9 Å². The topological polar surface area (TPSA) is 55.8 Å². The van der Waals surface area contributed by atoms with E-state index in [1.807, 2.05) is 13.8 Å². The Labute approximate surface area is 203 Å². The summed E-state index contributed by atoms with van der Waals surface area (Å²) < 4.78 is 12.4. The van der Waals surface area contributed by atoms with Gasteiger partial charge in [-0.25, -0.2) is 0 Å². The van der Waals surface area contributed by atoms with Crippen molar-refractivity contribution in [2.45, 2.75) is 26.9 Å². The van der Waals surface area contributed by atoms with E-state index in [9.17, 15) is 9.59 Å². The van der Waals surface area contributed by atoms with Gasteiger partial charge < -0.3 is 9.47 Å². The van der Waals surface area contributed by atoms with Gasteiger partial charge in [-0.15, -0.1) is 0 Å². The summed E-state index contributed by atoms with van der Waals surface area (Å²) in [7, 11) is 0. The average molecular weight is 545 g/mol. The Morgan fingerprint density at radius 1 is 1.10 bits per heavy atom. The quantitative estimate of drug-likeness (QED) is 0.329. The highest BCUT2D eigenvalue weighted by Gasteiger charge is 2.34. The van der Waals surface area contributed by atoms with E-state index in [1.54, 1.807) is 36.4 Å². The molecule has 1 aliphatic heterocycles. The van der Waals surface area contributed by atoms with Gasteiger partial charge in [0.05, 0.1) is 11.5 Å². The van der Waals surface area contributed by atoms with Gasteiger partial charge in [0.2, 0.25) is 0 Å². The van der Waals surface area contributed by atoms with Crippen molar-refractivity contribution in [1.29, 1.82) is 0 Å². The number of imide groups is 1. The summed E-state index contributed by atoms with van der Waals surface area (Å²) in [6.07, 6.45) is 2.40. The fourth-order valence-corrected chi connectivity index (χ4v) is 4.65. The molecular weight excluding hydrogens is 525 g/mol. The third-order valence-electron chi connectivity index (χ3n) is 4.37. The molecule has 1 fully saturated rings. The second kappa shape index (κ2) is 10.8. The van der Waals surface area contributed by atoms with E-state index >= 15 is 0 Å². The molecule has 1 heterocycles. The number of thioether (sulfide) groups is 1. The van der Waals surface area contributed by atoms with E-state index in [-0.39, 0.29) is 17.8 Å². The Morgan fingerprint density at radius 3 is 2.52 bits per heavy atom. The smallest absolute Gasteiger partial charge is 0.293 e. The average Bonchev–Trinajstić information content (AvgIpc) is 2.98. The molecule has 0 atom stereocenters. The highest BCUT2D eigenvalue weighted by molar-refractivity contribution is 9.10. The molecule has 2 amide bonds. The minimum atomic E-state index is -0.278. The van der Waals surface area contributed by atoms with E-state index in [4.69, 9.17) is 32.7 Å². The molecule has 1 saturated heterocycles. The molecule has 31 heavy (non-hydrogen) atoms. The zero-order chi connectivity index (χ0) is 22.5. The van der Waals surface area contributed by atoms with Crippen molar-refractivity contribution in [2.75, 3.05) is 13.2 Å². The van der Waals surface area contributed by atoms with Crippen LogP contribution in [0.15, 0.2) is 39.7 Å². The Kier molecular flexibility index (Phi) is 8.33. The molecule has 3 rings (SSSR count). The maximum absolute atomic E-state index is 12.5. The first-order valence-electron chi connectivity index (χ1n) is 9.62. The third-order valence-corrected chi connectivity index (χ3v) is 6.55. The number of rotatable bonds is 8. The Morgan fingerprint density at radius 2 is 1.84 bits per heavy atom. The van der Waals surface area contributed by atoms with Crippen LogP contribution in [0.2, 0.25) is 10.0 Å². The Balaban J connectivity index is 1.86. The summed E-state index contributed by atoms with van der Waals surface area (Å²) in [6.45, 7) is 4.88. The molecule has 0 aromatic heterocycles. The van der Waals surface area contributed by atoms with Crippen molar-refractivity contribution in [3.8, 4) is 11.5 Å². The van der Waals surface area contributed by atoms with Crippen molar-refractivity contribution in [1.82, 2.24) is 4.90 Å². The molecule has 0 bridgehead atoms. The van der Waals surface area contributed by atoms with Crippen LogP contribution in [0.25, 0.3) is 6.08 Å². The molecule has 164 valence electrons. The van der Waals surface area contributed by atoms with Crippen LogP contribution in [0.4, 0.5) is 4.79 Å². The van der Waals surface area contributed by atoms with Gasteiger partial charge in [-0.3, -0.25) is 14.5 Å². The van der Waals surface area contributed by atoms with Crippen LogP contribution in [-0.4, -0.2) is 29.2 Å². The van der Waals surface area contributed by atoms with Crippen molar-refractivity contribution in [2.24, 2.45) is 0 Å². The number of amides is 2. The number of hydrogen-bond donors (Lipinski definition) is 0. The number of carbonyl (C=O) groups excluding carboxylic acids is 2. The van der Waals surface area contributed by atoms with E-state index in [0.717, 1.165) is 17.3 Å². The number of benzene rings is 2. The van der Waals surface area contributed by atoms with Crippen molar-refractivity contribution in [3.63, 3.8) is 0 Å². The van der Waals surface area contributed by atoms with Gasteiger partial charge in [-0.1, -0.05) is 52.1 Å². The standard InChI is InChI=1S/C22H20BrCl2NO4S/c1-3-7-26-21(27)20(31-22(26)28)9-14-8-18(29-4-2)19(11-16(14)23)30-12-13-5-6-15(24)10-17(13)25/h5-6,8-11H,3-4,7,12H2,1-2H3/b20-9+. The van der Waals surface area contributed by atoms with Crippen LogP contribution in [0.5, 0.6) is 11.5 Å². The third kappa shape index (κ3) is 5.77. The summed E-state index contributed by atoms with van der Waals surface area (Å²) in [5.74, 6) is 0.769. The number of halogens is 3. The molecule has 0 radical (unpaired) electrons. The molecule has 0 saturated carbocycles. The lowest BCUT2D eigenvalue weighted by molar-refractivity contribution is -0.122. The second-order valence-electron chi connectivity index (χ2n) is 6.61. The Hall–Kier alpha value is -1.67. The molecule has 2 aromatic carbocycles. The van der Waals surface area contributed by atoms with Crippen LogP contribution in [0.1, 0.15) is 31.4 Å². The van der Waals surface area contributed by atoms with Crippen LogP contribution < -0.4 is 9.47 Å². The van der Waals surface area contributed by atoms with Crippen LogP contribution in [0.3, 0.4) is 0 Å². The molecule has 2 aromatic rings. The summed E-state index contributed by atoms with van der Waals surface area (Å²) in [6, 6.07) is 8.77. The summed E-state index contributed by atoms with van der Waals surface area (Å²) in [5.41, 5.74) is 1.50. The minimum absolute atomic E-state index is 0.234. The molecule has 5 nitrogen and oxygen atoms in total. The lowest BCUT2D eigenvalue weighted by Crippen LogP contribution is -2.28. The van der Waals surface area contributed by atoms with E-state index in [1.165, 1.54) is 4.90 Å². The largest absolute Gasteiger partial charge is 0.490 e. The molecule has 0 unspecified atom stereocenters. The first-order valence-corrected chi connectivity index (χ1v) is 12.0. The highest BCUT2D eigenvalue weighted by atomic mass is 79.9. The van der Waals surface area contributed by atoms with Gasteiger partial charge in [0.1, 0.15) is 6.61 Å². The second-order valence-corrected chi connectivity index (χ2v) is 9.30. The van der Waals surface area contributed by atoms with Crippen LogP contribution >= 0.6 is 50.9 Å². The summed E-state index contributed by atoms with van der Waals surface area (Å²) >= 11 is 16.6. The van der Waals surface area contributed by atoms with Crippen molar-refractivity contribution in [3.05, 3.63) is 60.9 Å². The number of carbonyl (C=O) groups is 2. The number of nitrogens with zero attached hydrogens (tertiary/aromatic N) is 1. The lowest BCUT2D eigenvalue weighted by atomic mass is 10.1. The molecule has 0 spiro atoms. The highest BCUT2D eigenvalue weighted by Crippen LogP contribution is 2.38. The SMILES string of the molecule is CCCN1C(=O)S/C(=C/c2cc(OCC)c(OCc3ccc(Cl)cc3Cl)cc2Br)C1=O. The number of hydrogen-bond acceptors (Lipinski definition) is 5. The summed E-state index contributed by atoms with van der Waals surface area (Å²) in [5, 5.41) is 0.821. The maximum Gasteiger partial charge on any atom is 0.293 e. The van der Waals surface area contributed by atoms with Crippen LogP contribution in [-0.2, 0) is 11.4 Å². The fraction of sp³-hybridized carbons (Fsp3) is 0.273. The predicted octanol–water partition coefficient (Wildman–Crippen LogP) is 7.18. The van der Waals surface area contributed by atoms with Crippen LogP contribution in [0, 0.1) is 0 Å². The van der Waals surface area contributed by atoms with E-state index in [0.29, 0.717) is 56.1 Å². The van der Waals surface area contributed by atoms with Gasteiger partial charge in [0.25, 0.3) is 11.1 Å². The molecule has 1 aliphatic rings. The van der Waals surface area contributed by atoms with Crippen molar-refractivity contribution < 1.29 is 19.1 Å². The van der Waals surface area contributed by atoms with Crippen molar-refractivity contribution >= 4 is 68.1 Å². The summed E-state index contributed by atoms with van der Waals surface area (Å²) in [4.78, 5) is 26.3. The van der Waals surface area contributed by atoms with Gasteiger partial charge in [-0.2, -0.15) is 0 Å². The maximum atomic E-state index is 12.5. The minimum Gasteiger partial charge on any atom is -0.490 e. The van der Waals surface area contributed by atoms with Gasteiger partial charge in [0.15, 0.2) is 11.5 Å². The zero-order valence-corrected chi connectivity index (χ0v) is 20.8. The number of ether oxygens (including phenoxy) is 2. The fourth-order valence-electron chi connectivity index (χ4n) is 2.89.